The summed E-state index contributed by atoms with van der Waals surface area (Å²) >= 11 is 0. The van der Waals surface area contributed by atoms with Crippen LogP contribution in [0, 0.1) is 6.92 Å². The Morgan fingerprint density at radius 3 is 2.70 bits per heavy atom. The SMILES string of the molecule is Cc1cc(-c2cn[nH]c2)cc2c(N3CCc4ccc(C(=O)N5CCCC5)cc4C3)ncnc12. The van der Waals surface area contributed by atoms with Crippen LogP contribution in [0.1, 0.15) is 39.9 Å². The van der Waals surface area contributed by atoms with Gasteiger partial charge >= 0.3 is 0 Å². The van der Waals surface area contributed by atoms with E-state index in [2.05, 4.69) is 51.3 Å². The fourth-order valence-corrected chi connectivity index (χ4v) is 5.13. The van der Waals surface area contributed by atoms with Gasteiger partial charge in [-0.15, -0.1) is 0 Å². The minimum absolute atomic E-state index is 0.153. The van der Waals surface area contributed by atoms with Crippen LogP contribution in [0.15, 0.2) is 49.1 Å². The number of anilines is 1. The average molecular weight is 439 g/mol. The van der Waals surface area contributed by atoms with Gasteiger partial charge in [0.15, 0.2) is 0 Å². The van der Waals surface area contributed by atoms with Gasteiger partial charge in [-0.1, -0.05) is 6.07 Å². The van der Waals surface area contributed by atoms with Crippen LogP contribution in [-0.2, 0) is 13.0 Å². The Bertz CT molecular complexity index is 1340. The van der Waals surface area contributed by atoms with E-state index in [4.69, 9.17) is 4.98 Å². The third-order valence-corrected chi connectivity index (χ3v) is 6.90. The summed E-state index contributed by atoms with van der Waals surface area (Å²) in [6, 6.07) is 10.5. The van der Waals surface area contributed by atoms with E-state index < -0.39 is 0 Å². The molecule has 4 aromatic rings. The van der Waals surface area contributed by atoms with Gasteiger partial charge in [0.05, 0.1) is 11.7 Å². The molecule has 0 aliphatic carbocycles. The van der Waals surface area contributed by atoms with Gasteiger partial charge in [0.25, 0.3) is 5.91 Å². The van der Waals surface area contributed by atoms with Crippen molar-refractivity contribution in [3.63, 3.8) is 0 Å². The van der Waals surface area contributed by atoms with Gasteiger partial charge in [0.1, 0.15) is 12.1 Å². The number of rotatable bonds is 3. The second kappa shape index (κ2) is 7.99. The average Bonchev–Trinajstić information content (AvgIpc) is 3.57. The number of hydrogen-bond donors (Lipinski definition) is 1. The molecule has 2 aliphatic rings. The summed E-state index contributed by atoms with van der Waals surface area (Å²) in [6.07, 6.45) is 8.53. The summed E-state index contributed by atoms with van der Waals surface area (Å²) in [7, 11) is 0. The number of H-pyrrole nitrogens is 1. The number of benzene rings is 2. The van der Waals surface area contributed by atoms with Crippen LogP contribution >= 0.6 is 0 Å². The molecule has 0 radical (unpaired) electrons. The molecule has 2 aromatic carbocycles. The number of carbonyl (C=O) groups excluding carboxylic acids is 1. The van der Waals surface area contributed by atoms with Crippen molar-refractivity contribution < 1.29 is 4.79 Å². The molecule has 6 rings (SSSR count). The molecule has 1 saturated heterocycles. The van der Waals surface area contributed by atoms with E-state index in [-0.39, 0.29) is 5.91 Å². The van der Waals surface area contributed by atoms with E-state index in [9.17, 15) is 4.79 Å². The zero-order valence-corrected chi connectivity index (χ0v) is 18.7. The number of hydrogen-bond acceptors (Lipinski definition) is 5. The molecule has 1 amide bonds. The predicted molar refractivity (Wildman–Crippen MR) is 128 cm³/mol. The number of likely N-dealkylation sites (tertiary alicyclic amines) is 1. The van der Waals surface area contributed by atoms with Gasteiger partial charge in [-0.3, -0.25) is 9.89 Å². The highest BCUT2D eigenvalue weighted by Crippen LogP contribution is 2.33. The minimum Gasteiger partial charge on any atom is -0.351 e. The van der Waals surface area contributed by atoms with E-state index in [1.54, 1.807) is 6.33 Å². The van der Waals surface area contributed by atoms with Crippen molar-refractivity contribution in [2.75, 3.05) is 24.5 Å². The van der Waals surface area contributed by atoms with Gasteiger partial charge < -0.3 is 9.80 Å². The van der Waals surface area contributed by atoms with Crippen LogP contribution in [0.3, 0.4) is 0 Å². The Hall–Kier alpha value is -3.74. The van der Waals surface area contributed by atoms with Crippen molar-refractivity contribution in [3.05, 3.63) is 71.3 Å². The normalized spacial score (nSPS) is 15.8. The summed E-state index contributed by atoms with van der Waals surface area (Å²) in [5.41, 5.74) is 7.55. The second-order valence-corrected chi connectivity index (χ2v) is 9.03. The van der Waals surface area contributed by atoms with Crippen LogP contribution in [-0.4, -0.2) is 50.6 Å². The Morgan fingerprint density at radius 2 is 1.88 bits per heavy atom. The lowest BCUT2D eigenvalue weighted by molar-refractivity contribution is 0.0792. The molecular formula is C26H26N6O. The lowest BCUT2D eigenvalue weighted by Crippen LogP contribution is -2.32. The van der Waals surface area contributed by atoms with Crippen molar-refractivity contribution in [1.82, 2.24) is 25.1 Å². The fraction of sp³-hybridized carbons (Fsp3) is 0.308. The maximum Gasteiger partial charge on any atom is 0.253 e. The minimum atomic E-state index is 0.153. The quantitative estimate of drug-likeness (QED) is 0.520. The van der Waals surface area contributed by atoms with E-state index >= 15 is 0 Å². The molecule has 0 atom stereocenters. The van der Waals surface area contributed by atoms with Crippen molar-refractivity contribution in [3.8, 4) is 11.1 Å². The summed E-state index contributed by atoms with van der Waals surface area (Å²) in [5.74, 6) is 1.09. The third-order valence-electron chi connectivity index (χ3n) is 6.90. The highest BCUT2D eigenvalue weighted by molar-refractivity contribution is 5.96. The third kappa shape index (κ3) is 3.53. The largest absolute Gasteiger partial charge is 0.351 e. The standard InChI is InChI=1S/C26H26N6O/c1-17-10-20(22-13-29-30-14-22)12-23-24(17)27-16-28-25(23)32-9-6-18-4-5-19(11-21(18)15-32)26(33)31-7-2-3-8-31/h4-5,10-14,16H,2-3,6-9,15H2,1H3,(H,29,30). The predicted octanol–water partition coefficient (Wildman–Crippen LogP) is 4.13. The smallest absolute Gasteiger partial charge is 0.253 e. The summed E-state index contributed by atoms with van der Waals surface area (Å²) in [5, 5.41) is 8.04. The summed E-state index contributed by atoms with van der Waals surface area (Å²) in [6.45, 7) is 5.44. The molecule has 0 spiro atoms. The van der Waals surface area contributed by atoms with Crippen LogP contribution in [0.2, 0.25) is 0 Å². The van der Waals surface area contributed by atoms with E-state index in [1.807, 2.05) is 23.4 Å². The first kappa shape index (κ1) is 19.9. The van der Waals surface area contributed by atoms with Crippen LogP contribution in [0.25, 0.3) is 22.0 Å². The molecule has 1 N–H and O–H groups in total. The number of aryl methyl sites for hydroxylation is 1. The zero-order valence-electron chi connectivity index (χ0n) is 18.7. The number of carbonyl (C=O) groups is 1. The van der Waals surface area contributed by atoms with Gasteiger partial charge in [0.2, 0.25) is 0 Å². The first-order valence-electron chi connectivity index (χ1n) is 11.6. The number of aromatic amines is 1. The topological polar surface area (TPSA) is 78.0 Å². The first-order valence-corrected chi connectivity index (χ1v) is 11.6. The Balaban J connectivity index is 1.36. The van der Waals surface area contributed by atoms with Crippen LogP contribution in [0.5, 0.6) is 0 Å². The second-order valence-electron chi connectivity index (χ2n) is 9.03. The molecule has 7 nitrogen and oxygen atoms in total. The molecule has 7 heteroatoms. The zero-order chi connectivity index (χ0) is 22.4. The molecule has 0 saturated carbocycles. The molecule has 2 aromatic heterocycles. The lowest BCUT2D eigenvalue weighted by atomic mass is 9.96. The number of fused-ring (bicyclic) bond motifs is 2. The van der Waals surface area contributed by atoms with Crippen LogP contribution < -0.4 is 4.90 Å². The molecule has 166 valence electrons. The monoisotopic (exact) mass is 438 g/mol. The first-order chi connectivity index (χ1) is 16.2. The highest BCUT2D eigenvalue weighted by atomic mass is 16.2. The van der Waals surface area contributed by atoms with Crippen molar-refractivity contribution >= 4 is 22.6 Å². The summed E-state index contributed by atoms with van der Waals surface area (Å²) < 4.78 is 0. The number of nitrogens with zero attached hydrogens (tertiary/aromatic N) is 5. The highest BCUT2D eigenvalue weighted by Gasteiger charge is 2.24. The van der Waals surface area contributed by atoms with Crippen LogP contribution in [0.4, 0.5) is 5.82 Å². The van der Waals surface area contributed by atoms with Gasteiger partial charge in [-0.2, -0.15) is 5.10 Å². The van der Waals surface area contributed by atoms with Gasteiger partial charge in [-0.25, -0.2) is 9.97 Å². The van der Waals surface area contributed by atoms with Crippen molar-refractivity contribution in [2.24, 2.45) is 0 Å². The molecule has 2 aliphatic heterocycles. The van der Waals surface area contributed by atoms with Crippen molar-refractivity contribution in [1.29, 1.82) is 0 Å². The number of amides is 1. The van der Waals surface area contributed by atoms with Crippen molar-refractivity contribution in [2.45, 2.75) is 32.7 Å². The van der Waals surface area contributed by atoms with E-state index in [0.717, 1.165) is 84.4 Å². The molecular weight excluding hydrogens is 412 g/mol. The Kier molecular flexibility index (Phi) is 4.82. The maximum absolute atomic E-state index is 12.9. The molecule has 0 unspecified atom stereocenters. The fourth-order valence-electron chi connectivity index (χ4n) is 5.13. The molecule has 4 heterocycles. The maximum atomic E-state index is 12.9. The number of aromatic nitrogens is 4. The van der Waals surface area contributed by atoms with E-state index in [0.29, 0.717) is 0 Å². The lowest BCUT2D eigenvalue weighted by Gasteiger charge is -2.31. The Labute approximate surface area is 192 Å². The molecule has 0 bridgehead atoms. The molecule has 33 heavy (non-hydrogen) atoms. The van der Waals surface area contributed by atoms with E-state index in [1.165, 1.54) is 11.1 Å². The molecule has 1 fully saturated rings. The van der Waals surface area contributed by atoms with Gasteiger partial charge in [-0.05, 0) is 72.7 Å². The summed E-state index contributed by atoms with van der Waals surface area (Å²) in [4.78, 5) is 26.5. The van der Waals surface area contributed by atoms with Gasteiger partial charge in [0, 0.05) is 48.9 Å². The Morgan fingerprint density at radius 1 is 1.00 bits per heavy atom. The number of nitrogens with one attached hydrogen (secondary N) is 1.